The van der Waals surface area contributed by atoms with Crippen LogP contribution in [0.4, 0.5) is 14.5 Å². The van der Waals surface area contributed by atoms with Crippen LogP contribution in [0.2, 0.25) is 0 Å². The Morgan fingerprint density at radius 2 is 2.21 bits per heavy atom. The molecule has 8 heteroatoms. The van der Waals surface area contributed by atoms with Crippen molar-refractivity contribution in [3.8, 4) is 6.07 Å². The van der Waals surface area contributed by atoms with Crippen molar-refractivity contribution < 1.29 is 13.6 Å². The molecule has 0 spiro atoms. The van der Waals surface area contributed by atoms with Crippen LogP contribution in [0.25, 0.3) is 0 Å². The van der Waals surface area contributed by atoms with E-state index in [1.807, 2.05) is 6.07 Å². The molecule has 0 fully saturated rings. The molecule has 3 N–H and O–H groups in total. The van der Waals surface area contributed by atoms with Gasteiger partial charge < -0.3 is 11.1 Å². The number of nitrogens with one attached hydrogen (secondary N) is 1. The van der Waals surface area contributed by atoms with Crippen LogP contribution in [0.15, 0.2) is 58.9 Å². The number of nitrogens with two attached hydrogens (primary N) is 1. The summed E-state index contributed by atoms with van der Waals surface area (Å²) >= 11 is 0. The third kappa shape index (κ3) is 4.82. The number of benzene rings is 1. The van der Waals surface area contributed by atoms with Gasteiger partial charge in [-0.3, -0.25) is 14.8 Å². The second-order valence-corrected chi connectivity index (χ2v) is 6.78. The Hall–Kier alpha value is -3.60. The largest absolute Gasteiger partial charge is 0.402 e. The topological polar surface area (TPSA) is 104 Å². The van der Waals surface area contributed by atoms with Crippen LogP contribution in [0, 0.1) is 11.3 Å². The molecule has 1 atom stereocenters. The molecule has 1 amide bonds. The van der Waals surface area contributed by atoms with Gasteiger partial charge >= 0.3 is 0 Å². The van der Waals surface area contributed by atoms with E-state index in [1.54, 1.807) is 18.2 Å². The summed E-state index contributed by atoms with van der Waals surface area (Å²) in [6.07, 6.45) is 3.95. The number of allylic oxidation sites excluding steroid dienone is 1. The van der Waals surface area contributed by atoms with Gasteiger partial charge in [0.15, 0.2) is 0 Å². The Morgan fingerprint density at radius 3 is 2.93 bits per heavy atom. The third-order valence-corrected chi connectivity index (χ3v) is 4.55. The zero-order valence-corrected chi connectivity index (χ0v) is 15.7. The molecule has 1 heterocycles. The zero-order chi connectivity index (χ0) is 21.0. The predicted molar refractivity (Wildman–Crippen MR) is 105 cm³/mol. The van der Waals surface area contributed by atoms with Crippen molar-refractivity contribution in [1.82, 2.24) is 10.3 Å². The minimum Gasteiger partial charge on any atom is -0.402 e. The molecule has 6 nitrogen and oxygen atoms in total. The highest BCUT2D eigenvalue weighted by Gasteiger charge is 2.27. The number of amides is 1. The lowest BCUT2D eigenvalue weighted by Gasteiger charge is -2.15. The first kappa shape index (κ1) is 20.1. The van der Waals surface area contributed by atoms with E-state index in [-0.39, 0.29) is 17.6 Å². The molecule has 0 aliphatic heterocycles. The van der Waals surface area contributed by atoms with Gasteiger partial charge in [-0.1, -0.05) is 6.07 Å². The maximum Gasteiger partial charge on any atom is 0.287 e. The minimum atomic E-state index is -3.06. The normalized spacial score (nSPS) is 16.8. The monoisotopic (exact) mass is 395 g/mol. The van der Waals surface area contributed by atoms with Crippen LogP contribution in [0.3, 0.4) is 0 Å². The number of alkyl halides is 2. The van der Waals surface area contributed by atoms with Crippen molar-refractivity contribution >= 4 is 17.8 Å². The van der Waals surface area contributed by atoms with Gasteiger partial charge in [-0.15, -0.1) is 0 Å². The molecule has 1 aliphatic rings. The van der Waals surface area contributed by atoms with E-state index in [9.17, 15) is 13.6 Å². The summed E-state index contributed by atoms with van der Waals surface area (Å²) in [6, 6.07) is 10.7. The maximum atomic E-state index is 13.4. The SMILES string of the molecule is CC(F)(F)c1cc(N=CC2=C(N)CCC2NC(=O)c2cccc(C#N)c2)ccn1. The predicted octanol–water partition coefficient (Wildman–Crippen LogP) is 3.57. The average molecular weight is 395 g/mol. The minimum absolute atomic E-state index is 0.315. The summed E-state index contributed by atoms with van der Waals surface area (Å²) in [5, 5.41) is 11.9. The molecule has 2 aromatic rings. The summed E-state index contributed by atoms with van der Waals surface area (Å²) in [6.45, 7) is 0.771. The number of carbonyl (C=O) groups is 1. The number of nitrogens with zero attached hydrogens (tertiary/aromatic N) is 3. The first-order chi connectivity index (χ1) is 13.8. The van der Waals surface area contributed by atoms with Crippen molar-refractivity contribution in [3.63, 3.8) is 0 Å². The lowest BCUT2D eigenvalue weighted by Crippen LogP contribution is -2.35. The van der Waals surface area contributed by atoms with E-state index in [0.717, 1.165) is 6.92 Å². The van der Waals surface area contributed by atoms with Crippen molar-refractivity contribution in [2.24, 2.45) is 10.7 Å². The number of pyridine rings is 1. The molecule has 0 saturated carbocycles. The number of hydrogen-bond donors (Lipinski definition) is 2. The van der Waals surface area contributed by atoms with Crippen LogP contribution >= 0.6 is 0 Å². The van der Waals surface area contributed by atoms with Crippen molar-refractivity contribution in [2.45, 2.75) is 31.7 Å². The summed E-state index contributed by atoms with van der Waals surface area (Å²) in [5.41, 5.74) is 7.98. The Kier molecular flexibility index (Phi) is 5.69. The van der Waals surface area contributed by atoms with Gasteiger partial charge in [0.1, 0.15) is 5.69 Å². The number of halogens is 2. The van der Waals surface area contributed by atoms with Crippen molar-refractivity contribution in [2.75, 3.05) is 0 Å². The van der Waals surface area contributed by atoms with E-state index in [2.05, 4.69) is 15.3 Å². The molecule has 1 aromatic carbocycles. The lowest BCUT2D eigenvalue weighted by molar-refractivity contribution is 0.0128. The molecule has 0 radical (unpaired) electrons. The number of hydrogen-bond acceptors (Lipinski definition) is 5. The van der Waals surface area contributed by atoms with Gasteiger partial charge in [0.25, 0.3) is 11.8 Å². The molecule has 0 saturated heterocycles. The quantitative estimate of drug-likeness (QED) is 0.755. The standard InChI is InChI=1S/C21H19F2N5O/c1-21(22,23)19-10-15(7-8-26-19)27-12-16-17(25)5-6-18(16)28-20(29)14-4-2-3-13(9-14)11-24/h2-4,7-10,12,18H,5-6,25H2,1H3,(H,28,29). The first-order valence-electron chi connectivity index (χ1n) is 8.96. The Balaban J connectivity index is 1.76. The van der Waals surface area contributed by atoms with Crippen LogP contribution in [-0.2, 0) is 5.92 Å². The highest BCUT2D eigenvalue weighted by atomic mass is 19.3. The molecule has 3 rings (SSSR count). The van der Waals surface area contributed by atoms with Crippen LogP contribution in [-0.4, -0.2) is 23.1 Å². The maximum absolute atomic E-state index is 13.4. The highest BCUT2D eigenvalue weighted by Crippen LogP contribution is 2.28. The van der Waals surface area contributed by atoms with E-state index in [0.29, 0.717) is 40.9 Å². The molecule has 148 valence electrons. The smallest absolute Gasteiger partial charge is 0.287 e. The second kappa shape index (κ2) is 8.19. The lowest BCUT2D eigenvalue weighted by atomic mass is 10.1. The third-order valence-electron chi connectivity index (χ3n) is 4.55. The molecular weight excluding hydrogens is 376 g/mol. The Morgan fingerprint density at radius 1 is 1.41 bits per heavy atom. The summed E-state index contributed by atoms with van der Waals surface area (Å²) < 4.78 is 26.9. The first-order valence-corrected chi connectivity index (χ1v) is 8.96. The average Bonchev–Trinajstić information content (AvgIpc) is 3.05. The fourth-order valence-corrected chi connectivity index (χ4v) is 3.00. The van der Waals surface area contributed by atoms with Crippen LogP contribution < -0.4 is 11.1 Å². The van der Waals surface area contributed by atoms with E-state index in [4.69, 9.17) is 11.0 Å². The molecule has 1 unspecified atom stereocenters. The van der Waals surface area contributed by atoms with E-state index < -0.39 is 5.92 Å². The van der Waals surface area contributed by atoms with Gasteiger partial charge in [-0.25, -0.2) is 0 Å². The molecular formula is C21H19F2N5O. The zero-order valence-electron chi connectivity index (χ0n) is 15.7. The van der Waals surface area contributed by atoms with Crippen LogP contribution in [0.5, 0.6) is 0 Å². The fraction of sp³-hybridized carbons (Fsp3) is 0.238. The Bertz CT molecular complexity index is 1030. The molecule has 1 aliphatic carbocycles. The summed E-state index contributed by atoms with van der Waals surface area (Å²) in [4.78, 5) is 20.4. The van der Waals surface area contributed by atoms with E-state index >= 15 is 0 Å². The number of carbonyl (C=O) groups excluding carboxylic acids is 1. The number of aliphatic imine (C=N–C) groups is 1. The fourth-order valence-electron chi connectivity index (χ4n) is 3.00. The second-order valence-electron chi connectivity index (χ2n) is 6.78. The summed E-state index contributed by atoms with van der Waals surface area (Å²) in [5.74, 6) is -3.39. The number of rotatable bonds is 5. The molecule has 0 bridgehead atoms. The van der Waals surface area contributed by atoms with Gasteiger partial charge in [0.2, 0.25) is 0 Å². The van der Waals surface area contributed by atoms with Crippen molar-refractivity contribution in [1.29, 1.82) is 5.26 Å². The molecule has 29 heavy (non-hydrogen) atoms. The molecule has 1 aromatic heterocycles. The highest BCUT2D eigenvalue weighted by molar-refractivity contribution is 5.96. The van der Waals surface area contributed by atoms with Gasteiger partial charge in [0.05, 0.1) is 23.4 Å². The van der Waals surface area contributed by atoms with Gasteiger partial charge in [0, 0.05) is 36.2 Å². The van der Waals surface area contributed by atoms with Gasteiger partial charge in [-0.05, 0) is 43.2 Å². The van der Waals surface area contributed by atoms with Crippen molar-refractivity contribution in [3.05, 3.63) is 70.7 Å². The number of nitriles is 1. The number of aromatic nitrogens is 1. The van der Waals surface area contributed by atoms with Gasteiger partial charge in [-0.2, -0.15) is 14.0 Å². The van der Waals surface area contributed by atoms with E-state index in [1.165, 1.54) is 30.6 Å². The Labute approximate surface area is 166 Å². The summed E-state index contributed by atoms with van der Waals surface area (Å²) in [7, 11) is 0. The van der Waals surface area contributed by atoms with Crippen LogP contribution in [0.1, 0.15) is 41.4 Å².